The topological polar surface area (TPSA) is 44.8 Å². The van der Waals surface area contributed by atoms with E-state index in [4.69, 9.17) is 13.6 Å². The average Bonchev–Trinajstić information content (AvgIpc) is 3.05. The monoisotopic (exact) mass is 684 g/mol. The van der Waals surface area contributed by atoms with Crippen LogP contribution in [0.1, 0.15) is 107 Å². The molecule has 0 aromatic heterocycles. The average molecular weight is 685 g/mol. The fraction of sp³-hybridized carbons (Fsp3) is 0.500. The van der Waals surface area contributed by atoms with Crippen molar-refractivity contribution in [1.29, 1.82) is 0 Å². The van der Waals surface area contributed by atoms with Crippen molar-refractivity contribution in [1.82, 2.24) is 0 Å². The third kappa shape index (κ3) is 11.0. The number of aryl methyl sites for hydroxylation is 1. The van der Waals surface area contributed by atoms with Crippen molar-refractivity contribution in [3.8, 4) is 17.2 Å². The Morgan fingerprint density at radius 1 is 0.583 bits per heavy atom. The highest BCUT2D eigenvalue weighted by Crippen LogP contribution is 2.41. The van der Waals surface area contributed by atoms with Crippen molar-refractivity contribution >= 4 is 44.1 Å². The SMILES string of the molecule is CCCCCCCC[Si](C)(C)Oc1cc(C(=O)Oc2cccc3ccccc23)c(O[Si](C)(C)CCCCCCCC)c2ccc(C)cc12. The minimum Gasteiger partial charge on any atom is -0.544 e. The molecule has 0 bridgehead atoms. The molecule has 4 nitrogen and oxygen atoms in total. The fourth-order valence-electron chi connectivity index (χ4n) is 6.60. The minimum absolute atomic E-state index is 0.409. The number of fused-ring (bicyclic) bond motifs is 2. The van der Waals surface area contributed by atoms with Crippen LogP contribution in [0.2, 0.25) is 38.3 Å². The number of hydrogen-bond acceptors (Lipinski definition) is 4. The van der Waals surface area contributed by atoms with Crippen molar-refractivity contribution in [2.75, 3.05) is 0 Å². The third-order valence-corrected chi connectivity index (χ3v) is 14.1. The maximum atomic E-state index is 14.3. The first kappa shape index (κ1) is 37.7. The summed E-state index contributed by atoms with van der Waals surface area (Å²) in [4.78, 5) is 14.3. The predicted octanol–water partition coefficient (Wildman–Crippen LogP) is 13.4. The second-order valence-corrected chi connectivity index (χ2v) is 23.4. The first-order valence-electron chi connectivity index (χ1n) is 18.7. The van der Waals surface area contributed by atoms with Gasteiger partial charge in [0.25, 0.3) is 0 Å². The zero-order chi connectivity index (χ0) is 34.6. The molecule has 0 fully saturated rings. The molecule has 0 unspecified atom stereocenters. The molecule has 0 amide bonds. The quantitative estimate of drug-likeness (QED) is 0.0402. The smallest absolute Gasteiger partial charge is 0.347 e. The first-order valence-corrected chi connectivity index (χ1v) is 24.9. The number of carbonyl (C=O) groups is 1. The van der Waals surface area contributed by atoms with Gasteiger partial charge in [0.15, 0.2) is 0 Å². The van der Waals surface area contributed by atoms with Crippen LogP contribution in [0, 0.1) is 6.92 Å². The van der Waals surface area contributed by atoms with E-state index in [2.05, 4.69) is 65.2 Å². The minimum atomic E-state index is -2.19. The van der Waals surface area contributed by atoms with Gasteiger partial charge in [0.1, 0.15) is 22.8 Å². The van der Waals surface area contributed by atoms with Gasteiger partial charge in [0.05, 0.1) is 0 Å². The van der Waals surface area contributed by atoms with Gasteiger partial charge < -0.3 is 13.6 Å². The lowest BCUT2D eigenvalue weighted by Gasteiger charge is -2.29. The first-order chi connectivity index (χ1) is 23.0. The van der Waals surface area contributed by atoms with Gasteiger partial charge in [0, 0.05) is 16.2 Å². The molecule has 0 saturated carbocycles. The van der Waals surface area contributed by atoms with Gasteiger partial charge in [-0.25, -0.2) is 4.79 Å². The second-order valence-electron chi connectivity index (χ2n) is 14.9. The van der Waals surface area contributed by atoms with Crippen molar-refractivity contribution in [2.24, 2.45) is 0 Å². The fourth-order valence-corrected chi connectivity index (χ4v) is 10.5. The molecule has 0 heterocycles. The van der Waals surface area contributed by atoms with Crippen molar-refractivity contribution in [3.05, 3.63) is 77.9 Å². The van der Waals surface area contributed by atoms with Crippen LogP contribution in [0.15, 0.2) is 66.7 Å². The Morgan fingerprint density at radius 2 is 1.17 bits per heavy atom. The summed E-state index contributed by atoms with van der Waals surface area (Å²) in [6.07, 6.45) is 15.1. The van der Waals surface area contributed by atoms with Gasteiger partial charge in [-0.3, -0.25) is 0 Å². The zero-order valence-corrected chi connectivity index (χ0v) is 32.9. The number of unbranched alkanes of at least 4 members (excludes halogenated alkanes) is 10. The summed E-state index contributed by atoms with van der Waals surface area (Å²) in [6.45, 7) is 15.8. The van der Waals surface area contributed by atoms with E-state index in [1.54, 1.807) is 0 Å². The Balaban J connectivity index is 1.70. The Labute approximate surface area is 292 Å². The zero-order valence-electron chi connectivity index (χ0n) is 30.9. The van der Waals surface area contributed by atoms with Crippen molar-refractivity contribution in [3.63, 3.8) is 0 Å². The maximum absolute atomic E-state index is 14.3. The van der Waals surface area contributed by atoms with Crippen LogP contribution in [0.5, 0.6) is 17.2 Å². The highest BCUT2D eigenvalue weighted by molar-refractivity contribution is 6.72. The van der Waals surface area contributed by atoms with Gasteiger partial charge in [0.2, 0.25) is 16.6 Å². The molecule has 0 aliphatic rings. The summed E-state index contributed by atoms with van der Waals surface area (Å²) in [5, 5.41) is 3.89. The summed E-state index contributed by atoms with van der Waals surface area (Å²) < 4.78 is 20.3. The molecular weight excluding hydrogens is 625 g/mol. The van der Waals surface area contributed by atoms with E-state index in [0.717, 1.165) is 51.4 Å². The summed E-state index contributed by atoms with van der Waals surface area (Å²) >= 11 is 0. The van der Waals surface area contributed by atoms with Crippen LogP contribution in [-0.2, 0) is 0 Å². The van der Waals surface area contributed by atoms with Crippen LogP contribution < -0.4 is 13.6 Å². The van der Waals surface area contributed by atoms with E-state index in [0.29, 0.717) is 17.1 Å². The van der Waals surface area contributed by atoms with Crippen LogP contribution in [0.4, 0.5) is 0 Å². The summed E-state index contributed by atoms with van der Waals surface area (Å²) in [6, 6.07) is 24.3. The highest BCUT2D eigenvalue weighted by atomic mass is 28.4. The molecule has 0 aliphatic carbocycles. The predicted molar refractivity (Wildman–Crippen MR) is 210 cm³/mol. The molecule has 0 saturated heterocycles. The normalized spacial score (nSPS) is 12.1. The van der Waals surface area contributed by atoms with Crippen LogP contribution in [-0.4, -0.2) is 22.6 Å². The Bertz CT molecular complexity index is 1620. The molecule has 260 valence electrons. The van der Waals surface area contributed by atoms with Gasteiger partial charge >= 0.3 is 5.97 Å². The number of esters is 1. The number of benzene rings is 4. The third-order valence-electron chi connectivity index (χ3n) is 9.41. The Kier molecular flexibility index (Phi) is 14.2. The van der Waals surface area contributed by atoms with E-state index in [9.17, 15) is 4.79 Å². The van der Waals surface area contributed by atoms with Gasteiger partial charge in [-0.15, -0.1) is 0 Å². The van der Waals surface area contributed by atoms with Crippen LogP contribution >= 0.6 is 0 Å². The van der Waals surface area contributed by atoms with Crippen molar-refractivity contribution in [2.45, 2.75) is 136 Å². The maximum Gasteiger partial charge on any atom is 0.347 e. The van der Waals surface area contributed by atoms with Gasteiger partial charge in [-0.1, -0.05) is 145 Å². The molecule has 4 rings (SSSR count). The molecule has 4 aromatic carbocycles. The van der Waals surface area contributed by atoms with E-state index >= 15 is 0 Å². The van der Waals surface area contributed by atoms with Crippen LogP contribution in [0.3, 0.4) is 0 Å². The lowest BCUT2D eigenvalue weighted by atomic mass is 10.0. The summed E-state index contributed by atoms with van der Waals surface area (Å²) in [5.41, 5.74) is 1.60. The molecule has 0 aliphatic heterocycles. The standard InChI is InChI=1S/C42H60O4Si2/c1-8-10-12-14-16-20-29-47(4,5)45-40-32-38(42(43)44-39-26-22-24-34-23-18-19-25-35(34)39)41(36-28-27-33(3)31-37(36)40)46-48(6,7)30-21-17-15-13-11-9-2/h18-19,22-28,31-32H,8-17,20-21,29-30H2,1-7H3. The second kappa shape index (κ2) is 18.1. The molecule has 4 aromatic rings. The Hall–Kier alpha value is -3.10. The molecule has 0 spiro atoms. The number of carbonyl (C=O) groups excluding carboxylic acids is 1. The van der Waals surface area contributed by atoms with Gasteiger partial charge in [-0.05, 0) is 68.8 Å². The Morgan fingerprint density at radius 3 is 1.83 bits per heavy atom. The summed E-state index contributed by atoms with van der Waals surface area (Å²) in [7, 11) is -4.29. The highest BCUT2D eigenvalue weighted by Gasteiger charge is 2.31. The molecule has 6 heteroatoms. The summed E-state index contributed by atoms with van der Waals surface area (Å²) in [5.74, 6) is 1.55. The molecule has 0 radical (unpaired) electrons. The van der Waals surface area contributed by atoms with Crippen molar-refractivity contribution < 1.29 is 18.4 Å². The van der Waals surface area contributed by atoms with Crippen LogP contribution in [0.25, 0.3) is 21.5 Å². The number of hydrogen-bond donors (Lipinski definition) is 0. The molecule has 0 N–H and O–H groups in total. The lowest BCUT2D eigenvalue weighted by molar-refractivity contribution is 0.0735. The number of ether oxygens (including phenoxy) is 1. The molecular formula is C42H60O4Si2. The van der Waals surface area contributed by atoms with E-state index in [1.165, 1.54) is 70.6 Å². The van der Waals surface area contributed by atoms with E-state index in [1.807, 2.05) is 48.5 Å². The van der Waals surface area contributed by atoms with E-state index in [-0.39, 0.29) is 0 Å². The molecule has 48 heavy (non-hydrogen) atoms. The molecule has 0 atom stereocenters. The largest absolute Gasteiger partial charge is 0.544 e. The lowest BCUT2D eigenvalue weighted by Crippen LogP contribution is -2.35. The van der Waals surface area contributed by atoms with Gasteiger partial charge in [-0.2, -0.15) is 0 Å². The van der Waals surface area contributed by atoms with E-state index < -0.39 is 22.6 Å². The number of rotatable bonds is 20.